The first-order valence-electron chi connectivity index (χ1n) is 10.6. The molecule has 0 aliphatic rings. The van der Waals surface area contributed by atoms with Gasteiger partial charge in [0.05, 0.1) is 12.2 Å². The molecule has 0 atom stereocenters. The quantitative estimate of drug-likeness (QED) is 0.390. The SMILES string of the molecule is CCN(CN)C(=O)c1c(-c2ccccc2)ccc(Cc2c(F)cccc2F)c1CCC=O. The van der Waals surface area contributed by atoms with Gasteiger partial charge in [-0.25, -0.2) is 8.78 Å². The number of carbonyl (C=O) groups is 2. The first-order chi connectivity index (χ1) is 15.5. The molecule has 0 spiro atoms. The van der Waals surface area contributed by atoms with Gasteiger partial charge in [-0.15, -0.1) is 0 Å². The second kappa shape index (κ2) is 10.8. The maximum atomic E-state index is 14.4. The van der Waals surface area contributed by atoms with E-state index in [1.54, 1.807) is 12.1 Å². The van der Waals surface area contributed by atoms with Crippen LogP contribution in [0.2, 0.25) is 0 Å². The van der Waals surface area contributed by atoms with Crippen LogP contribution in [0.3, 0.4) is 0 Å². The highest BCUT2D eigenvalue weighted by atomic mass is 19.1. The molecule has 3 aromatic carbocycles. The lowest BCUT2D eigenvalue weighted by molar-refractivity contribution is -0.107. The van der Waals surface area contributed by atoms with Gasteiger partial charge >= 0.3 is 0 Å². The Bertz CT molecular complexity index is 1080. The van der Waals surface area contributed by atoms with Gasteiger partial charge in [0.25, 0.3) is 5.91 Å². The van der Waals surface area contributed by atoms with Crippen LogP contribution in [0, 0.1) is 11.6 Å². The minimum atomic E-state index is -0.650. The summed E-state index contributed by atoms with van der Waals surface area (Å²) in [5, 5.41) is 0. The van der Waals surface area contributed by atoms with Crippen LogP contribution in [0.15, 0.2) is 60.7 Å². The van der Waals surface area contributed by atoms with Crippen molar-refractivity contribution in [3.8, 4) is 11.1 Å². The average Bonchev–Trinajstić information content (AvgIpc) is 2.81. The smallest absolute Gasteiger partial charge is 0.255 e. The van der Waals surface area contributed by atoms with E-state index in [2.05, 4.69) is 0 Å². The Morgan fingerprint density at radius 3 is 2.25 bits per heavy atom. The van der Waals surface area contributed by atoms with E-state index in [0.717, 1.165) is 11.8 Å². The van der Waals surface area contributed by atoms with Gasteiger partial charge in [-0.05, 0) is 47.7 Å². The molecule has 3 aromatic rings. The summed E-state index contributed by atoms with van der Waals surface area (Å²) in [6, 6.07) is 16.7. The molecule has 3 rings (SSSR count). The third-order valence-electron chi connectivity index (χ3n) is 5.54. The summed E-state index contributed by atoms with van der Waals surface area (Å²) < 4.78 is 28.7. The Morgan fingerprint density at radius 1 is 0.969 bits per heavy atom. The number of nitrogens with zero attached hydrogens (tertiary/aromatic N) is 1. The van der Waals surface area contributed by atoms with Crippen LogP contribution in [-0.2, 0) is 17.6 Å². The maximum Gasteiger partial charge on any atom is 0.255 e. The number of benzene rings is 3. The molecule has 0 aliphatic carbocycles. The van der Waals surface area contributed by atoms with E-state index in [4.69, 9.17) is 5.73 Å². The first-order valence-corrected chi connectivity index (χ1v) is 10.6. The molecule has 0 saturated heterocycles. The fourth-order valence-corrected chi connectivity index (χ4v) is 3.85. The second-order valence-corrected chi connectivity index (χ2v) is 7.42. The number of rotatable bonds is 9. The van der Waals surface area contributed by atoms with E-state index < -0.39 is 11.6 Å². The van der Waals surface area contributed by atoms with Crippen molar-refractivity contribution in [3.05, 3.63) is 94.6 Å². The molecule has 0 aromatic heterocycles. The third kappa shape index (κ3) is 4.92. The average molecular weight is 437 g/mol. The minimum Gasteiger partial charge on any atom is -0.326 e. The van der Waals surface area contributed by atoms with Crippen LogP contribution in [0.25, 0.3) is 11.1 Å². The molecule has 6 heteroatoms. The molecular formula is C26H26F2N2O2. The van der Waals surface area contributed by atoms with Crippen LogP contribution in [0.4, 0.5) is 8.78 Å². The summed E-state index contributed by atoms with van der Waals surface area (Å²) in [5.74, 6) is -1.57. The molecule has 1 amide bonds. The third-order valence-corrected chi connectivity index (χ3v) is 5.54. The van der Waals surface area contributed by atoms with Crippen molar-refractivity contribution in [3.63, 3.8) is 0 Å². The van der Waals surface area contributed by atoms with Crippen molar-refractivity contribution < 1.29 is 18.4 Å². The zero-order valence-electron chi connectivity index (χ0n) is 18.0. The van der Waals surface area contributed by atoms with E-state index in [0.29, 0.717) is 28.8 Å². The number of amides is 1. The fourth-order valence-electron chi connectivity index (χ4n) is 3.85. The van der Waals surface area contributed by atoms with Crippen molar-refractivity contribution in [1.82, 2.24) is 4.90 Å². The maximum absolute atomic E-state index is 14.4. The predicted molar refractivity (Wildman–Crippen MR) is 121 cm³/mol. The lowest BCUT2D eigenvalue weighted by Gasteiger charge is -2.24. The number of halogens is 2. The zero-order chi connectivity index (χ0) is 23.1. The molecule has 0 bridgehead atoms. The number of hydrogen-bond acceptors (Lipinski definition) is 3. The summed E-state index contributed by atoms with van der Waals surface area (Å²) in [6.07, 6.45) is 1.20. The molecule has 0 saturated carbocycles. The van der Waals surface area contributed by atoms with Crippen LogP contribution >= 0.6 is 0 Å². The van der Waals surface area contributed by atoms with E-state index in [1.807, 2.05) is 37.3 Å². The van der Waals surface area contributed by atoms with E-state index in [9.17, 15) is 18.4 Å². The molecular weight excluding hydrogens is 410 g/mol. The summed E-state index contributed by atoms with van der Waals surface area (Å²) in [7, 11) is 0. The summed E-state index contributed by atoms with van der Waals surface area (Å²) in [4.78, 5) is 26.2. The van der Waals surface area contributed by atoms with Crippen molar-refractivity contribution in [2.24, 2.45) is 5.73 Å². The second-order valence-electron chi connectivity index (χ2n) is 7.42. The van der Waals surface area contributed by atoms with E-state index in [-0.39, 0.29) is 37.4 Å². The zero-order valence-corrected chi connectivity index (χ0v) is 18.0. The van der Waals surface area contributed by atoms with Gasteiger partial charge in [0, 0.05) is 24.9 Å². The van der Waals surface area contributed by atoms with Gasteiger partial charge in [0.2, 0.25) is 0 Å². The van der Waals surface area contributed by atoms with Gasteiger partial charge < -0.3 is 15.4 Å². The monoisotopic (exact) mass is 436 g/mol. The van der Waals surface area contributed by atoms with Crippen LogP contribution in [-0.4, -0.2) is 30.3 Å². The molecule has 0 aliphatic heterocycles. The molecule has 0 unspecified atom stereocenters. The summed E-state index contributed by atoms with van der Waals surface area (Å²) in [6.45, 7) is 2.27. The molecule has 32 heavy (non-hydrogen) atoms. The Balaban J connectivity index is 2.25. The van der Waals surface area contributed by atoms with Crippen molar-refractivity contribution in [2.45, 2.75) is 26.2 Å². The van der Waals surface area contributed by atoms with Crippen LogP contribution in [0.5, 0.6) is 0 Å². The normalized spacial score (nSPS) is 10.8. The Morgan fingerprint density at radius 2 is 1.66 bits per heavy atom. The standard InChI is InChI=1S/C26H26F2N2O2/c1-2-30(17-29)26(32)25-20(10-7-15-31)19(16-22-23(27)11-6-12-24(22)28)13-14-21(25)18-8-4-3-5-9-18/h3-6,8-9,11-15H,2,7,10,16-17,29H2,1H3. The van der Waals surface area contributed by atoms with Gasteiger partial charge in [0.1, 0.15) is 17.9 Å². The fraction of sp³-hybridized carbons (Fsp3) is 0.231. The van der Waals surface area contributed by atoms with E-state index >= 15 is 0 Å². The number of hydrogen-bond donors (Lipinski definition) is 1. The molecule has 0 fully saturated rings. The first kappa shape index (κ1) is 23.3. The number of carbonyl (C=O) groups excluding carboxylic acids is 2. The van der Waals surface area contributed by atoms with Crippen molar-refractivity contribution in [1.29, 1.82) is 0 Å². The topological polar surface area (TPSA) is 63.4 Å². The number of aldehydes is 1. The van der Waals surface area contributed by atoms with Gasteiger partial charge in [-0.1, -0.05) is 48.5 Å². The predicted octanol–water partition coefficient (Wildman–Crippen LogP) is 4.73. The highest BCUT2D eigenvalue weighted by Gasteiger charge is 2.24. The highest BCUT2D eigenvalue weighted by Crippen LogP contribution is 2.32. The lowest BCUT2D eigenvalue weighted by atomic mass is 9.86. The summed E-state index contributed by atoms with van der Waals surface area (Å²) >= 11 is 0. The molecule has 166 valence electrons. The minimum absolute atomic E-state index is 0.0306. The highest BCUT2D eigenvalue weighted by molar-refractivity contribution is 6.02. The molecule has 0 radical (unpaired) electrons. The van der Waals surface area contributed by atoms with Crippen molar-refractivity contribution >= 4 is 12.2 Å². The van der Waals surface area contributed by atoms with E-state index in [1.165, 1.54) is 23.1 Å². The Labute approximate surface area is 186 Å². The number of nitrogens with two attached hydrogens (primary N) is 1. The summed E-state index contributed by atoms with van der Waals surface area (Å²) in [5.41, 5.74) is 8.90. The Kier molecular flexibility index (Phi) is 7.84. The van der Waals surface area contributed by atoms with Gasteiger partial charge in [-0.3, -0.25) is 4.79 Å². The van der Waals surface area contributed by atoms with Crippen LogP contribution < -0.4 is 5.73 Å². The van der Waals surface area contributed by atoms with Crippen molar-refractivity contribution in [2.75, 3.05) is 13.2 Å². The Hall–Kier alpha value is -3.38. The molecule has 2 N–H and O–H groups in total. The van der Waals surface area contributed by atoms with Crippen LogP contribution in [0.1, 0.15) is 40.4 Å². The largest absolute Gasteiger partial charge is 0.326 e. The van der Waals surface area contributed by atoms with Gasteiger partial charge in [0.15, 0.2) is 0 Å². The lowest BCUT2D eigenvalue weighted by Crippen LogP contribution is -2.36. The molecule has 0 heterocycles. The molecule has 4 nitrogen and oxygen atoms in total. The van der Waals surface area contributed by atoms with Gasteiger partial charge in [-0.2, -0.15) is 0 Å².